The van der Waals surface area contributed by atoms with Crippen LogP contribution in [0, 0.1) is 0 Å². The summed E-state index contributed by atoms with van der Waals surface area (Å²) in [5.74, 6) is 1.83. The molecule has 0 radical (unpaired) electrons. The van der Waals surface area contributed by atoms with Gasteiger partial charge in [0.1, 0.15) is 11.2 Å². The average molecular weight is 704 g/mol. The van der Waals surface area contributed by atoms with Crippen molar-refractivity contribution in [2.45, 2.75) is 0 Å². The first-order chi connectivity index (χ1) is 27.2. The third-order valence-electron chi connectivity index (χ3n) is 10.2. The summed E-state index contributed by atoms with van der Waals surface area (Å²) in [6.07, 6.45) is 0. The van der Waals surface area contributed by atoms with E-state index in [2.05, 4.69) is 164 Å². The molecular weight excluding hydrogens is 671 g/mol. The largest absolute Gasteiger partial charge is 0.456 e. The van der Waals surface area contributed by atoms with Crippen LogP contribution in [-0.4, -0.2) is 15.0 Å². The van der Waals surface area contributed by atoms with E-state index in [1.165, 1.54) is 0 Å². The van der Waals surface area contributed by atoms with Crippen LogP contribution in [0.4, 0.5) is 0 Å². The molecule has 0 aliphatic carbocycles. The number of hydrogen-bond donors (Lipinski definition) is 0. The zero-order valence-corrected chi connectivity index (χ0v) is 29.8. The van der Waals surface area contributed by atoms with Crippen molar-refractivity contribution in [3.05, 3.63) is 200 Å². The van der Waals surface area contributed by atoms with Gasteiger partial charge in [-0.25, -0.2) is 15.0 Å². The van der Waals surface area contributed by atoms with E-state index in [0.717, 1.165) is 83.1 Å². The van der Waals surface area contributed by atoms with Crippen molar-refractivity contribution in [2.24, 2.45) is 0 Å². The molecule has 0 aliphatic heterocycles. The molecule has 10 rings (SSSR count). The van der Waals surface area contributed by atoms with Crippen molar-refractivity contribution in [1.29, 1.82) is 0 Å². The molecule has 0 atom stereocenters. The number of hydrogen-bond acceptors (Lipinski definition) is 4. The fourth-order valence-corrected chi connectivity index (χ4v) is 7.44. The fourth-order valence-electron chi connectivity index (χ4n) is 7.44. The summed E-state index contributed by atoms with van der Waals surface area (Å²) in [7, 11) is 0. The van der Waals surface area contributed by atoms with Gasteiger partial charge in [0.15, 0.2) is 17.5 Å². The van der Waals surface area contributed by atoms with Crippen LogP contribution in [0.5, 0.6) is 0 Å². The lowest BCUT2D eigenvalue weighted by atomic mass is 9.86. The molecule has 0 aliphatic rings. The lowest BCUT2D eigenvalue weighted by Gasteiger charge is -2.19. The molecule has 0 unspecified atom stereocenters. The molecule has 0 N–H and O–H groups in total. The van der Waals surface area contributed by atoms with Gasteiger partial charge in [-0.1, -0.05) is 170 Å². The average Bonchev–Trinajstić information content (AvgIpc) is 3.65. The van der Waals surface area contributed by atoms with Gasteiger partial charge in [-0.2, -0.15) is 0 Å². The van der Waals surface area contributed by atoms with Crippen molar-refractivity contribution >= 4 is 21.9 Å². The zero-order valence-electron chi connectivity index (χ0n) is 29.8. The fraction of sp³-hybridized carbons (Fsp3) is 0. The van der Waals surface area contributed by atoms with E-state index in [0.29, 0.717) is 17.5 Å². The number of benzene rings is 8. The summed E-state index contributed by atoms with van der Waals surface area (Å²) in [5, 5.41) is 2.17. The Labute approximate surface area is 319 Å². The van der Waals surface area contributed by atoms with Gasteiger partial charge in [0.25, 0.3) is 0 Å². The monoisotopic (exact) mass is 703 g/mol. The minimum absolute atomic E-state index is 0.601. The SMILES string of the molecule is c1ccc(-c2ccc(-c3nc(-c4ccccc4)nc(-c4cc(-c5ccccc5)cc(-c5ccc6oc7ccccc7c6c5)c4-c4ccccc4)n3)cc2)cc1. The first kappa shape index (κ1) is 32.2. The smallest absolute Gasteiger partial charge is 0.164 e. The lowest BCUT2D eigenvalue weighted by Crippen LogP contribution is -2.02. The van der Waals surface area contributed by atoms with E-state index >= 15 is 0 Å². The molecule has 0 saturated heterocycles. The second-order valence-electron chi connectivity index (χ2n) is 13.6. The van der Waals surface area contributed by atoms with E-state index in [-0.39, 0.29) is 0 Å². The van der Waals surface area contributed by atoms with Gasteiger partial charge in [0.05, 0.1) is 0 Å². The van der Waals surface area contributed by atoms with E-state index in [1.54, 1.807) is 0 Å². The molecule has 10 aromatic rings. The Morgan fingerprint density at radius 1 is 0.273 bits per heavy atom. The van der Waals surface area contributed by atoms with E-state index in [4.69, 9.17) is 19.4 Å². The van der Waals surface area contributed by atoms with Crippen LogP contribution in [0.25, 0.3) is 101 Å². The maximum atomic E-state index is 6.26. The van der Waals surface area contributed by atoms with Crippen LogP contribution in [0.15, 0.2) is 205 Å². The molecule has 0 spiro atoms. The van der Waals surface area contributed by atoms with Crippen LogP contribution >= 0.6 is 0 Å². The van der Waals surface area contributed by atoms with Gasteiger partial charge in [0.2, 0.25) is 0 Å². The van der Waals surface area contributed by atoms with Gasteiger partial charge in [-0.05, 0) is 69.3 Å². The molecule has 0 bridgehead atoms. The van der Waals surface area contributed by atoms with Crippen molar-refractivity contribution in [3.8, 4) is 78.7 Å². The Morgan fingerprint density at radius 3 is 1.36 bits per heavy atom. The van der Waals surface area contributed by atoms with Crippen molar-refractivity contribution < 1.29 is 4.42 Å². The Hall–Kier alpha value is -7.43. The van der Waals surface area contributed by atoms with Crippen molar-refractivity contribution in [3.63, 3.8) is 0 Å². The molecule has 0 fully saturated rings. The Morgan fingerprint density at radius 2 is 0.709 bits per heavy atom. The van der Waals surface area contributed by atoms with E-state index in [1.807, 2.05) is 36.4 Å². The van der Waals surface area contributed by atoms with Gasteiger partial charge >= 0.3 is 0 Å². The third-order valence-corrected chi connectivity index (χ3v) is 10.2. The normalized spacial score (nSPS) is 11.3. The minimum Gasteiger partial charge on any atom is -0.456 e. The van der Waals surface area contributed by atoms with E-state index in [9.17, 15) is 0 Å². The molecule has 2 aromatic heterocycles. The number of nitrogens with zero attached hydrogens (tertiary/aromatic N) is 3. The number of rotatable bonds is 7. The van der Waals surface area contributed by atoms with Crippen LogP contribution in [0.3, 0.4) is 0 Å². The maximum Gasteiger partial charge on any atom is 0.164 e. The van der Waals surface area contributed by atoms with Crippen molar-refractivity contribution in [2.75, 3.05) is 0 Å². The summed E-state index contributed by atoms with van der Waals surface area (Å²) in [5.41, 5.74) is 13.2. The van der Waals surface area contributed by atoms with Gasteiger partial charge in [-0.15, -0.1) is 0 Å². The molecule has 55 heavy (non-hydrogen) atoms. The second kappa shape index (κ2) is 13.8. The van der Waals surface area contributed by atoms with Crippen LogP contribution < -0.4 is 0 Å². The molecule has 2 heterocycles. The highest BCUT2D eigenvalue weighted by atomic mass is 16.3. The topological polar surface area (TPSA) is 51.8 Å². The van der Waals surface area contributed by atoms with Crippen LogP contribution in [0.2, 0.25) is 0 Å². The Balaban J connectivity index is 1.25. The summed E-state index contributed by atoms with van der Waals surface area (Å²) < 4.78 is 6.26. The number of para-hydroxylation sites is 1. The van der Waals surface area contributed by atoms with Crippen molar-refractivity contribution in [1.82, 2.24) is 15.0 Å². The molecule has 8 aromatic carbocycles. The standard InChI is InChI=1S/C51H33N3O/c1-5-15-34(16-6-1)36-25-27-39(28-26-36)50-52-49(38-21-11-4-12-22-38)53-51(54-50)45-33-41(35-17-7-2-8-18-35)32-43(48(45)37-19-9-3-10-20-37)40-29-30-47-44(31-40)42-23-13-14-24-46(42)55-47/h1-33H. The molecule has 0 amide bonds. The number of furan rings is 1. The highest BCUT2D eigenvalue weighted by molar-refractivity contribution is 6.07. The van der Waals surface area contributed by atoms with Gasteiger partial charge < -0.3 is 4.42 Å². The number of aromatic nitrogens is 3. The van der Waals surface area contributed by atoms with Crippen LogP contribution in [-0.2, 0) is 0 Å². The first-order valence-corrected chi connectivity index (χ1v) is 18.4. The summed E-state index contributed by atoms with van der Waals surface area (Å²) in [6, 6.07) is 69.4. The lowest BCUT2D eigenvalue weighted by molar-refractivity contribution is 0.669. The number of fused-ring (bicyclic) bond motifs is 3. The molecular formula is C51H33N3O. The zero-order chi connectivity index (χ0) is 36.6. The third kappa shape index (κ3) is 6.16. The highest BCUT2D eigenvalue weighted by Crippen LogP contribution is 2.44. The Kier molecular flexibility index (Phi) is 8.12. The summed E-state index contributed by atoms with van der Waals surface area (Å²) in [6.45, 7) is 0. The predicted molar refractivity (Wildman–Crippen MR) is 225 cm³/mol. The predicted octanol–water partition coefficient (Wildman–Crippen LogP) is 13.4. The summed E-state index contributed by atoms with van der Waals surface area (Å²) >= 11 is 0. The maximum absolute atomic E-state index is 6.26. The molecule has 258 valence electrons. The highest BCUT2D eigenvalue weighted by Gasteiger charge is 2.22. The minimum atomic E-state index is 0.601. The Bertz CT molecular complexity index is 2940. The van der Waals surface area contributed by atoms with Gasteiger partial charge in [0, 0.05) is 33.0 Å². The molecule has 4 heteroatoms. The van der Waals surface area contributed by atoms with E-state index < -0.39 is 0 Å². The summed E-state index contributed by atoms with van der Waals surface area (Å²) in [4.78, 5) is 15.7. The van der Waals surface area contributed by atoms with Gasteiger partial charge in [-0.3, -0.25) is 0 Å². The molecule has 4 nitrogen and oxygen atoms in total. The van der Waals surface area contributed by atoms with Crippen LogP contribution in [0.1, 0.15) is 0 Å². The second-order valence-corrected chi connectivity index (χ2v) is 13.6. The molecule has 0 saturated carbocycles. The quantitative estimate of drug-likeness (QED) is 0.166. The first-order valence-electron chi connectivity index (χ1n) is 18.4.